The average Bonchev–Trinajstić information content (AvgIpc) is 2.94. The summed E-state index contributed by atoms with van der Waals surface area (Å²) >= 11 is 0. The number of aromatic nitrogens is 2. The first-order valence-electron chi connectivity index (χ1n) is 12.2. The van der Waals surface area contributed by atoms with Gasteiger partial charge >= 0.3 is 12.2 Å². The number of rotatable bonds is 7. The molecule has 0 aliphatic heterocycles. The molecule has 0 fully saturated rings. The Balaban J connectivity index is 1.42. The number of carbonyl (C=O) groups excluding carboxylic acids is 2. The number of nitrogens with zero attached hydrogens (tertiary/aromatic N) is 3. The minimum Gasteiger partial charge on any atom is -0.366 e. The van der Waals surface area contributed by atoms with Crippen LogP contribution in [-0.4, -0.2) is 29.0 Å². The van der Waals surface area contributed by atoms with Gasteiger partial charge in [0.05, 0.1) is 5.56 Å². The van der Waals surface area contributed by atoms with Gasteiger partial charge in [0.25, 0.3) is 5.91 Å². The van der Waals surface area contributed by atoms with E-state index in [2.05, 4.69) is 25.9 Å². The lowest BCUT2D eigenvalue weighted by molar-refractivity contribution is -0.137. The molecule has 0 atom stereocenters. The quantitative estimate of drug-likeness (QED) is 0.240. The fourth-order valence-electron chi connectivity index (χ4n) is 3.70. The maximum absolute atomic E-state index is 13.0. The zero-order valence-electron chi connectivity index (χ0n) is 22.0. The molecule has 0 aliphatic carbocycles. The summed E-state index contributed by atoms with van der Waals surface area (Å²) in [5.74, 6) is 0.183. The van der Waals surface area contributed by atoms with Gasteiger partial charge in [-0.05, 0) is 55.3 Å². The predicted molar refractivity (Wildman–Crippen MR) is 149 cm³/mol. The smallest absolute Gasteiger partial charge is 0.366 e. The molecule has 0 radical (unpaired) electrons. The lowest BCUT2D eigenvalue weighted by atomic mass is 10.1. The lowest BCUT2D eigenvalue weighted by Crippen LogP contribution is -2.32. The maximum atomic E-state index is 13.0. The third-order valence-corrected chi connectivity index (χ3v) is 6.08. The van der Waals surface area contributed by atoms with Gasteiger partial charge in [-0.15, -0.1) is 0 Å². The molecule has 3 N–H and O–H groups in total. The monoisotopic (exact) mass is 548 g/mol. The van der Waals surface area contributed by atoms with Gasteiger partial charge in [-0.25, -0.2) is 14.8 Å². The largest absolute Gasteiger partial charge is 0.416 e. The Bertz CT molecular complexity index is 1520. The van der Waals surface area contributed by atoms with E-state index in [1.807, 2.05) is 31.2 Å². The summed E-state index contributed by atoms with van der Waals surface area (Å²) in [5.41, 5.74) is 2.60. The summed E-state index contributed by atoms with van der Waals surface area (Å²) in [6.45, 7) is 4.33. The van der Waals surface area contributed by atoms with Gasteiger partial charge in [-0.3, -0.25) is 9.69 Å². The summed E-state index contributed by atoms with van der Waals surface area (Å²) in [6, 6.07) is 18.2. The maximum Gasteiger partial charge on any atom is 0.416 e. The molecular weight excluding hydrogens is 521 g/mol. The number of alkyl halides is 3. The zero-order chi connectivity index (χ0) is 28.9. The van der Waals surface area contributed by atoms with Crippen molar-refractivity contribution in [1.29, 1.82) is 0 Å². The summed E-state index contributed by atoms with van der Waals surface area (Å²) in [7, 11) is 1.55. The van der Waals surface area contributed by atoms with Crippen LogP contribution in [0.3, 0.4) is 0 Å². The number of urea groups is 1. The van der Waals surface area contributed by atoms with Gasteiger partial charge in [-0.1, -0.05) is 42.0 Å². The van der Waals surface area contributed by atoms with E-state index in [4.69, 9.17) is 0 Å². The molecule has 1 heterocycles. The fraction of sp³-hybridized carbons (Fsp3) is 0.172. The molecule has 1 aromatic heterocycles. The van der Waals surface area contributed by atoms with E-state index in [0.717, 1.165) is 17.7 Å². The number of anilines is 4. The van der Waals surface area contributed by atoms with Gasteiger partial charge < -0.3 is 16.0 Å². The first kappa shape index (κ1) is 28.1. The molecule has 0 unspecified atom stereocenters. The Kier molecular flexibility index (Phi) is 8.32. The van der Waals surface area contributed by atoms with Crippen LogP contribution in [0, 0.1) is 13.8 Å². The van der Waals surface area contributed by atoms with Crippen molar-refractivity contribution in [3.63, 3.8) is 0 Å². The van der Waals surface area contributed by atoms with Crippen molar-refractivity contribution in [2.75, 3.05) is 27.9 Å². The average molecular weight is 549 g/mol. The molecule has 0 spiro atoms. The summed E-state index contributed by atoms with van der Waals surface area (Å²) in [4.78, 5) is 35.3. The van der Waals surface area contributed by atoms with E-state index in [9.17, 15) is 22.8 Å². The number of carbonyl (C=O) groups is 2. The third kappa shape index (κ3) is 7.13. The normalized spacial score (nSPS) is 11.1. The minimum atomic E-state index is -4.56. The fourth-order valence-corrected chi connectivity index (χ4v) is 3.70. The second-order valence-electron chi connectivity index (χ2n) is 9.15. The molecular formula is C29H27F3N6O2. The molecule has 0 bridgehead atoms. The van der Waals surface area contributed by atoms with E-state index >= 15 is 0 Å². The molecule has 11 heteroatoms. The van der Waals surface area contributed by atoms with Crippen LogP contribution in [0.25, 0.3) is 0 Å². The number of hydrogen-bond acceptors (Lipinski definition) is 5. The number of aryl methyl sites for hydroxylation is 2. The standard InChI is InChI=1S/C29H27F3N6O2/c1-18-7-10-20(11-8-18)16-33-25-15-26(35-17-34-25)38(3)28(40)37-24-14-23(12-9-19(24)2)36-27(39)21-5-4-6-22(13-21)29(30,31)32/h4-15,17H,16H2,1-3H3,(H,36,39)(H,37,40)(H,33,34,35). The Labute approximate surface area is 229 Å². The van der Waals surface area contributed by atoms with Crippen LogP contribution in [0.4, 0.5) is 41.0 Å². The Morgan fingerprint density at radius 3 is 2.38 bits per heavy atom. The number of nitrogens with one attached hydrogen (secondary N) is 3. The lowest BCUT2D eigenvalue weighted by Gasteiger charge is -2.19. The van der Waals surface area contributed by atoms with Gasteiger partial charge in [0.2, 0.25) is 0 Å². The van der Waals surface area contributed by atoms with Crippen molar-refractivity contribution in [3.05, 3.63) is 107 Å². The molecule has 4 aromatic rings. The highest BCUT2D eigenvalue weighted by atomic mass is 19.4. The number of halogens is 3. The highest BCUT2D eigenvalue weighted by molar-refractivity contribution is 6.05. The van der Waals surface area contributed by atoms with E-state index in [1.165, 1.54) is 35.0 Å². The highest BCUT2D eigenvalue weighted by Gasteiger charge is 2.31. The molecule has 4 rings (SSSR count). The van der Waals surface area contributed by atoms with Crippen LogP contribution in [0.5, 0.6) is 0 Å². The topological polar surface area (TPSA) is 99.2 Å². The molecule has 3 amide bonds. The van der Waals surface area contributed by atoms with Crippen LogP contribution >= 0.6 is 0 Å². The van der Waals surface area contributed by atoms with Gasteiger partial charge in [0.1, 0.15) is 18.0 Å². The van der Waals surface area contributed by atoms with Crippen molar-refractivity contribution >= 4 is 34.9 Å². The van der Waals surface area contributed by atoms with Gasteiger partial charge in [-0.2, -0.15) is 13.2 Å². The van der Waals surface area contributed by atoms with E-state index < -0.39 is 23.7 Å². The number of hydrogen-bond donors (Lipinski definition) is 3. The van der Waals surface area contributed by atoms with E-state index in [1.54, 1.807) is 32.2 Å². The summed E-state index contributed by atoms with van der Waals surface area (Å²) < 4.78 is 39.1. The molecule has 0 saturated carbocycles. The predicted octanol–water partition coefficient (Wildman–Crippen LogP) is 6.64. The number of benzene rings is 3. The van der Waals surface area contributed by atoms with Crippen molar-refractivity contribution in [3.8, 4) is 0 Å². The first-order valence-corrected chi connectivity index (χ1v) is 12.2. The highest BCUT2D eigenvalue weighted by Crippen LogP contribution is 2.30. The molecule has 0 saturated heterocycles. The molecule has 206 valence electrons. The molecule has 8 nitrogen and oxygen atoms in total. The van der Waals surface area contributed by atoms with Crippen LogP contribution in [0.1, 0.15) is 32.6 Å². The van der Waals surface area contributed by atoms with Crippen molar-refractivity contribution in [2.45, 2.75) is 26.6 Å². The van der Waals surface area contributed by atoms with E-state index in [0.29, 0.717) is 35.1 Å². The van der Waals surface area contributed by atoms with Crippen LogP contribution in [0.15, 0.2) is 79.1 Å². The Hall–Kier alpha value is -4.93. The van der Waals surface area contributed by atoms with Crippen molar-refractivity contribution in [2.24, 2.45) is 0 Å². The van der Waals surface area contributed by atoms with Crippen LogP contribution < -0.4 is 20.9 Å². The second kappa shape index (κ2) is 11.9. The molecule has 0 aliphatic rings. The Morgan fingerprint density at radius 2 is 1.65 bits per heavy atom. The summed E-state index contributed by atoms with van der Waals surface area (Å²) in [5, 5.41) is 8.57. The zero-order valence-corrected chi connectivity index (χ0v) is 22.0. The SMILES string of the molecule is Cc1ccc(CNc2cc(N(C)C(=O)Nc3cc(NC(=O)c4cccc(C(F)(F)F)c4)ccc3C)ncn2)cc1. The van der Waals surface area contributed by atoms with Gasteiger partial charge in [0, 0.05) is 36.6 Å². The third-order valence-electron chi connectivity index (χ3n) is 6.08. The number of amides is 3. The van der Waals surface area contributed by atoms with Gasteiger partial charge in [0.15, 0.2) is 0 Å². The van der Waals surface area contributed by atoms with Crippen LogP contribution in [0.2, 0.25) is 0 Å². The summed E-state index contributed by atoms with van der Waals surface area (Å²) in [6.07, 6.45) is -3.21. The van der Waals surface area contributed by atoms with Crippen LogP contribution in [-0.2, 0) is 12.7 Å². The van der Waals surface area contributed by atoms with Crippen molar-refractivity contribution in [1.82, 2.24) is 9.97 Å². The van der Waals surface area contributed by atoms with Crippen molar-refractivity contribution < 1.29 is 22.8 Å². The minimum absolute atomic E-state index is 0.142. The molecule has 40 heavy (non-hydrogen) atoms. The van der Waals surface area contributed by atoms with E-state index in [-0.39, 0.29) is 5.56 Å². The molecule has 3 aromatic carbocycles. The first-order chi connectivity index (χ1) is 19.0. The Morgan fingerprint density at radius 1 is 0.900 bits per heavy atom. The second-order valence-corrected chi connectivity index (χ2v) is 9.15.